The summed E-state index contributed by atoms with van der Waals surface area (Å²) in [6, 6.07) is 0. The van der Waals surface area contributed by atoms with E-state index >= 15 is 0 Å². The number of unbranched alkanes of at least 4 members (excludes halogenated alkanes) is 34. The quantitative estimate of drug-likeness (QED) is 0.0576. The van der Waals surface area contributed by atoms with Gasteiger partial charge in [0.25, 0.3) is 0 Å². The van der Waals surface area contributed by atoms with Gasteiger partial charge in [-0.15, -0.1) is 0 Å². The van der Waals surface area contributed by atoms with E-state index in [1.165, 1.54) is 225 Å². The first-order chi connectivity index (χ1) is 20.4. The van der Waals surface area contributed by atoms with E-state index < -0.39 is 0 Å². The van der Waals surface area contributed by atoms with Crippen molar-refractivity contribution in [3.63, 3.8) is 0 Å². The summed E-state index contributed by atoms with van der Waals surface area (Å²) in [4.78, 5) is 0. The van der Waals surface area contributed by atoms with E-state index in [-0.39, 0.29) is 0 Å². The summed E-state index contributed by atoms with van der Waals surface area (Å²) < 4.78 is 0. The summed E-state index contributed by atoms with van der Waals surface area (Å²) in [5, 5.41) is 8.78. The maximum absolute atomic E-state index is 8.78. The molecule has 246 valence electrons. The van der Waals surface area contributed by atoms with Gasteiger partial charge in [-0.25, -0.2) is 0 Å². The Balaban J connectivity index is 3.05. The van der Waals surface area contributed by atoms with Gasteiger partial charge in [0.1, 0.15) is 0 Å². The number of hydrogen-bond donors (Lipinski definition) is 1. The predicted octanol–water partition coefficient (Wildman–Crippen LogP) is 14.6. The Bertz CT molecular complexity index is 456. The van der Waals surface area contributed by atoms with Gasteiger partial charge < -0.3 is 5.11 Å². The highest BCUT2D eigenvalue weighted by Gasteiger charge is 1.97. The molecule has 0 aliphatic rings. The molecular weight excluding hydrogens is 496 g/mol. The van der Waals surface area contributed by atoms with Gasteiger partial charge >= 0.3 is 0 Å². The second-order valence-electron chi connectivity index (χ2n) is 13.4. The van der Waals surface area contributed by atoms with Crippen molar-refractivity contribution >= 4 is 0 Å². The molecule has 0 atom stereocenters. The van der Waals surface area contributed by atoms with Crippen molar-refractivity contribution in [2.75, 3.05) is 6.61 Å². The lowest BCUT2D eigenvalue weighted by atomic mass is 10.0. The molecule has 0 spiro atoms. The van der Waals surface area contributed by atoms with E-state index in [1.54, 1.807) is 0 Å². The molecule has 0 saturated heterocycles. The second kappa shape index (κ2) is 39.7. The number of aliphatic hydroxyl groups is 1. The van der Waals surface area contributed by atoms with Crippen molar-refractivity contribution < 1.29 is 5.11 Å². The SMILES string of the molecule is CCCCCCCCCCCCCCCCCCCCCCCCCCCCCCCC/C=C/CCCCCCO. The molecule has 1 N–H and O–H groups in total. The van der Waals surface area contributed by atoms with Gasteiger partial charge in [-0.05, 0) is 32.1 Å². The Morgan fingerprint density at radius 2 is 0.463 bits per heavy atom. The Morgan fingerprint density at radius 1 is 0.268 bits per heavy atom. The fraction of sp³-hybridized carbons (Fsp3) is 0.950. The Labute approximate surface area is 261 Å². The van der Waals surface area contributed by atoms with Crippen LogP contribution in [-0.2, 0) is 0 Å². The number of rotatable bonds is 37. The lowest BCUT2D eigenvalue weighted by molar-refractivity contribution is 0.282. The first-order valence-electron chi connectivity index (χ1n) is 19.7. The van der Waals surface area contributed by atoms with E-state index in [0.29, 0.717) is 6.61 Å². The molecule has 1 nitrogen and oxygen atoms in total. The minimum absolute atomic E-state index is 0.357. The Hall–Kier alpha value is -0.300. The van der Waals surface area contributed by atoms with Gasteiger partial charge in [0.15, 0.2) is 0 Å². The summed E-state index contributed by atoms with van der Waals surface area (Å²) in [6.07, 6.45) is 56.1. The highest BCUT2D eigenvalue weighted by molar-refractivity contribution is 4.81. The Morgan fingerprint density at radius 3 is 0.683 bits per heavy atom. The summed E-state index contributed by atoms with van der Waals surface area (Å²) >= 11 is 0. The number of allylic oxidation sites excluding steroid dienone is 2. The van der Waals surface area contributed by atoms with Crippen molar-refractivity contribution in [1.82, 2.24) is 0 Å². The molecule has 41 heavy (non-hydrogen) atoms. The fourth-order valence-corrected chi connectivity index (χ4v) is 6.25. The topological polar surface area (TPSA) is 20.2 Å². The first-order valence-corrected chi connectivity index (χ1v) is 19.7. The minimum atomic E-state index is 0.357. The van der Waals surface area contributed by atoms with Crippen LogP contribution in [0.5, 0.6) is 0 Å². The molecule has 0 aromatic carbocycles. The predicted molar refractivity (Wildman–Crippen MR) is 188 cm³/mol. The molecule has 0 aromatic heterocycles. The average Bonchev–Trinajstić information content (AvgIpc) is 2.98. The lowest BCUT2D eigenvalue weighted by Gasteiger charge is -2.04. The summed E-state index contributed by atoms with van der Waals surface area (Å²) in [6.45, 7) is 2.66. The molecule has 0 aliphatic carbocycles. The molecule has 0 unspecified atom stereocenters. The molecule has 0 fully saturated rings. The van der Waals surface area contributed by atoms with Gasteiger partial charge in [0.2, 0.25) is 0 Å². The van der Waals surface area contributed by atoms with Crippen LogP contribution in [0.3, 0.4) is 0 Å². The lowest BCUT2D eigenvalue weighted by Crippen LogP contribution is -1.85. The molecule has 0 bridgehead atoms. The molecule has 0 amide bonds. The van der Waals surface area contributed by atoms with Crippen molar-refractivity contribution in [2.45, 2.75) is 238 Å². The van der Waals surface area contributed by atoms with Crippen LogP contribution < -0.4 is 0 Å². The van der Waals surface area contributed by atoms with E-state index in [2.05, 4.69) is 19.1 Å². The second-order valence-corrected chi connectivity index (χ2v) is 13.4. The summed E-state index contributed by atoms with van der Waals surface area (Å²) in [5.74, 6) is 0. The highest BCUT2D eigenvalue weighted by atomic mass is 16.2. The average molecular weight is 577 g/mol. The van der Waals surface area contributed by atoms with Gasteiger partial charge in [-0.1, -0.05) is 218 Å². The molecular formula is C40H80O. The summed E-state index contributed by atoms with van der Waals surface area (Å²) in [5.41, 5.74) is 0. The van der Waals surface area contributed by atoms with Crippen LogP contribution in [-0.4, -0.2) is 11.7 Å². The van der Waals surface area contributed by atoms with Crippen LogP contribution in [0, 0.1) is 0 Å². The van der Waals surface area contributed by atoms with Gasteiger partial charge in [0.05, 0.1) is 0 Å². The van der Waals surface area contributed by atoms with Crippen LogP contribution in [0.15, 0.2) is 12.2 Å². The molecule has 0 radical (unpaired) electrons. The third-order valence-corrected chi connectivity index (χ3v) is 9.17. The van der Waals surface area contributed by atoms with Crippen LogP contribution in [0.4, 0.5) is 0 Å². The normalized spacial score (nSPS) is 11.8. The van der Waals surface area contributed by atoms with Crippen LogP contribution >= 0.6 is 0 Å². The third-order valence-electron chi connectivity index (χ3n) is 9.17. The van der Waals surface area contributed by atoms with E-state index in [4.69, 9.17) is 5.11 Å². The number of hydrogen-bond acceptors (Lipinski definition) is 1. The van der Waals surface area contributed by atoms with Crippen LogP contribution in [0.1, 0.15) is 238 Å². The third kappa shape index (κ3) is 39.7. The number of aliphatic hydroxyl groups excluding tert-OH is 1. The zero-order valence-corrected chi connectivity index (χ0v) is 28.8. The van der Waals surface area contributed by atoms with Crippen molar-refractivity contribution in [3.8, 4) is 0 Å². The molecule has 0 aliphatic heterocycles. The first kappa shape index (κ1) is 40.7. The largest absolute Gasteiger partial charge is 0.396 e. The zero-order chi connectivity index (χ0) is 29.6. The van der Waals surface area contributed by atoms with E-state index in [9.17, 15) is 0 Å². The molecule has 0 rings (SSSR count). The van der Waals surface area contributed by atoms with Crippen molar-refractivity contribution in [1.29, 1.82) is 0 Å². The molecule has 0 heterocycles. The molecule has 0 saturated carbocycles. The standard InChI is InChI=1S/C40H80O/c1-2-3-4-5-6-7-8-9-10-11-12-13-14-15-16-17-18-19-20-21-22-23-24-25-26-27-28-29-30-31-32-33-34-35-36-37-38-39-40-41/h33-34,41H,2-32,35-40H2,1H3/b34-33+. The van der Waals surface area contributed by atoms with Crippen molar-refractivity contribution in [3.05, 3.63) is 12.2 Å². The zero-order valence-electron chi connectivity index (χ0n) is 28.8. The summed E-state index contributed by atoms with van der Waals surface area (Å²) in [7, 11) is 0. The van der Waals surface area contributed by atoms with Crippen LogP contribution in [0.25, 0.3) is 0 Å². The van der Waals surface area contributed by atoms with E-state index in [0.717, 1.165) is 6.42 Å². The maximum Gasteiger partial charge on any atom is 0.0431 e. The smallest absolute Gasteiger partial charge is 0.0431 e. The highest BCUT2D eigenvalue weighted by Crippen LogP contribution is 2.16. The Kier molecular flexibility index (Phi) is 39.4. The molecule has 1 heteroatoms. The van der Waals surface area contributed by atoms with E-state index in [1.807, 2.05) is 0 Å². The fourth-order valence-electron chi connectivity index (χ4n) is 6.25. The molecule has 0 aromatic rings. The van der Waals surface area contributed by atoms with Gasteiger partial charge in [-0.3, -0.25) is 0 Å². The maximum atomic E-state index is 8.78. The minimum Gasteiger partial charge on any atom is -0.396 e. The van der Waals surface area contributed by atoms with Gasteiger partial charge in [-0.2, -0.15) is 0 Å². The van der Waals surface area contributed by atoms with Crippen LogP contribution in [0.2, 0.25) is 0 Å². The van der Waals surface area contributed by atoms with Crippen molar-refractivity contribution in [2.24, 2.45) is 0 Å². The monoisotopic (exact) mass is 577 g/mol. The van der Waals surface area contributed by atoms with Gasteiger partial charge in [0, 0.05) is 6.61 Å².